The van der Waals surface area contributed by atoms with E-state index < -0.39 is 0 Å². The Labute approximate surface area is 81.0 Å². The molecule has 78 valence electrons. The zero-order chi connectivity index (χ0) is 9.68. The Hall–Kier alpha value is -0.120. The fourth-order valence-electron chi connectivity index (χ4n) is 1.83. The minimum atomic E-state index is 0.339. The predicted octanol–water partition coefficient (Wildman–Crippen LogP) is 0.881. The zero-order valence-corrected chi connectivity index (χ0v) is 8.75. The van der Waals surface area contributed by atoms with E-state index in [-0.39, 0.29) is 0 Å². The lowest BCUT2D eigenvalue weighted by molar-refractivity contribution is 0.0340. The van der Waals surface area contributed by atoms with Crippen LogP contribution in [0.1, 0.15) is 33.1 Å². The van der Waals surface area contributed by atoms with Gasteiger partial charge in [-0.3, -0.25) is 0 Å². The van der Waals surface area contributed by atoms with Gasteiger partial charge >= 0.3 is 0 Å². The van der Waals surface area contributed by atoms with E-state index in [2.05, 4.69) is 19.2 Å². The first kappa shape index (κ1) is 11.0. The van der Waals surface area contributed by atoms with E-state index in [9.17, 15) is 0 Å². The van der Waals surface area contributed by atoms with Crippen LogP contribution in [0.4, 0.5) is 0 Å². The highest BCUT2D eigenvalue weighted by Crippen LogP contribution is 2.21. The van der Waals surface area contributed by atoms with Crippen molar-refractivity contribution in [1.29, 1.82) is 0 Å². The van der Waals surface area contributed by atoms with Crippen LogP contribution in [0, 0.1) is 0 Å². The molecule has 1 heterocycles. The number of hydrogen-bond donors (Lipinski definition) is 2. The average molecular weight is 186 g/mol. The normalized spacial score (nSPS) is 30.7. The lowest BCUT2D eigenvalue weighted by Crippen LogP contribution is -2.45. The van der Waals surface area contributed by atoms with Crippen LogP contribution < -0.4 is 11.1 Å². The van der Waals surface area contributed by atoms with Gasteiger partial charge in [-0.1, -0.05) is 6.92 Å². The van der Waals surface area contributed by atoms with Gasteiger partial charge in [0.25, 0.3) is 0 Å². The molecule has 1 aliphatic heterocycles. The van der Waals surface area contributed by atoms with Gasteiger partial charge in [0.2, 0.25) is 0 Å². The maximum absolute atomic E-state index is 5.77. The summed E-state index contributed by atoms with van der Waals surface area (Å²) < 4.78 is 5.77. The molecule has 0 aromatic heterocycles. The minimum absolute atomic E-state index is 0.339. The third-order valence-corrected chi connectivity index (χ3v) is 2.62. The first-order chi connectivity index (χ1) is 6.27. The average Bonchev–Trinajstić information content (AvgIpc) is 2.54. The SMILES string of the molecule is CCCNC(CN)C1CCC(C)O1. The first-order valence-corrected chi connectivity index (χ1v) is 5.36. The van der Waals surface area contributed by atoms with E-state index in [0.717, 1.165) is 19.4 Å². The van der Waals surface area contributed by atoms with Crippen molar-refractivity contribution in [2.75, 3.05) is 13.1 Å². The molecule has 0 aliphatic carbocycles. The Morgan fingerprint density at radius 2 is 2.31 bits per heavy atom. The van der Waals surface area contributed by atoms with E-state index in [1.165, 1.54) is 6.42 Å². The molecule has 0 radical (unpaired) electrons. The second-order valence-corrected chi connectivity index (χ2v) is 3.86. The maximum atomic E-state index is 5.77. The van der Waals surface area contributed by atoms with Gasteiger partial charge < -0.3 is 15.8 Å². The molecule has 3 heteroatoms. The number of rotatable bonds is 5. The molecule has 3 N–H and O–H groups in total. The fourth-order valence-corrected chi connectivity index (χ4v) is 1.83. The molecule has 1 aliphatic rings. The highest BCUT2D eigenvalue weighted by atomic mass is 16.5. The van der Waals surface area contributed by atoms with Gasteiger partial charge in [0.05, 0.1) is 12.2 Å². The van der Waals surface area contributed by atoms with Crippen LogP contribution in [-0.4, -0.2) is 31.3 Å². The van der Waals surface area contributed by atoms with Crippen molar-refractivity contribution in [2.45, 2.75) is 51.4 Å². The molecule has 0 aromatic carbocycles. The largest absolute Gasteiger partial charge is 0.374 e. The van der Waals surface area contributed by atoms with Crippen LogP contribution in [0.25, 0.3) is 0 Å². The van der Waals surface area contributed by atoms with Gasteiger partial charge in [0.15, 0.2) is 0 Å². The third kappa shape index (κ3) is 3.25. The van der Waals surface area contributed by atoms with Crippen molar-refractivity contribution < 1.29 is 4.74 Å². The van der Waals surface area contributed by atoms with E-state index in [0.29, 0.717) is 24.8 Å². The first-order valence-electron chi connectivity index (χ1n) is 5.36. The van der Waals surface area contributed by atoms with Crippen LogP contribution in [0.3, 0.4) is 0 Å². The topological polar surface area (TPSA) is 47.3 Å². The summed E-state index contributed by atoms with van der Waals surface area (Å²) in [5, 5.41) is 3.43. The molecule has 1 saturated heterocycles. The van der Waals surface area contributed by atoms with Crippen LogP contribution in [-0.2, 0) is 4.74 Å². The lowest BCUT2D eigenvalue weighted by Gasteiger charge is -2.23. The fraction of sp³-hybridized carbons (Fsp3) is 1.00. The van der Waals surface area contributed by atoms with Crippen molar-refractivity contribution in [3.63, 3.8) is 0 Å². The van der Waals surface area contributed by atoms with E-state index in [4.69, 9.17) is 10.5 Å². The Morgan fingerprint density at radius 1 is 1.54 bits per heavy atom. The van der Waals surface area contributed by atoms with Gasteiger partial charge in [0.1, 0.15) is 0 Å². The number of nitrogens with two attached hydrogens (primary N) is 1. The standard InChI is InChI=1S/C10H22N2O/c1-3-6-12-9(7-11)10-5-4-8(2)13-10/h8-10,12H,3-7,11H2,1-2H3. The molecule has 0 amide bonds. The molecule has 0 bridgehead atoms. The third-order valence-electron chi connectivity index (χ3n) is 2.62. The highest BCUT2D eigenvalue weighted by Gasteiger charge is 2.27. The Bertz CT molecular complexity index is 141. The summed E-state index contributed by atoms with van der Waals surface area (Å²) >= 11 is 0. The van der Waals surface area contributed by atoms with Crippen molar-refractivity contribution in [1.82, 2.24) is 5.32 Å². The van der Waals surface area contributed by atoms with E-state index in [1.807, 2.05) is 0 Å². The zero-order valence-electron chi connectivity index (χ0n) is 8.75. The van der Waals surface area contributed by atoms with Crippen LogP contribution in [0.15, 0.2) is 0 Å². The van der Waals surface area contributed by atoms with E-state index >= 15 is 0 Å². The number of ether oxygens (including phenoxy) is 1. The molecule has 3 nitrogen and oxygen atoms in total. The smallest absolute Gasteiger partial charge is 0.0744 e. The Kier molecular flexibility index (Phi) is 4.70. The van der Waals surface area contributed by atoms with Gasteiger partial charge in [-0.2, -0.15) is 0 Å². The molecule has 1 fully saturated rings. The molecular formula is C10H22N2O. The predicted molar refractivity (Wildman–Crippen MR) is 54.7 cm³/mol. The summed E-state index contributed by atoms with van der Waals surface area (Å²) in [5.41, 5.74) is 5.70. The summed E-state index contributed by atoms with van der Waals surface area (Å²) in [5.74, 6) is 0. The van der Waals surface area contributed by atoms with Crippen LogP contribution >= 0.6 is 0 Å². The van der Waals surface area contributed by atoms with Crippen molar-refractivity contribution >= 4 is 0 Å². The summed E-state index contributed by atoms with van der Waals surface area (Å²) in [6, 6.07) is 0.352. The Morgan fingerprint density at radius 3 is 2.77 bits per heavy atom. The summed E-state index contributed by atoms with van der Waals surface area (Å²) in [6.45, 7) is 6.01. The summed E-state index contributed by atoms with van der Waals surface area (Å²) in [4.78, 5) is 0. The molecule has 13 heavy (non-hydrogen) atoms. The summed E-state index contributed by atoms with van der Waals surface area (Å²) in [7, 11) is 0. The second kappa shape index (κ2) is 5.58. The van der Waals surface area contributed by atoms with Crippen LogP contribution in [0.5, 0.6) is 0 Å². The molecule has 1 rings (SSSR count). The Balaban J connectivity index is 2.29. The van der Waals surface area contributed by atoms with Gasteiger partial charge in [-0.05, 0) is 32.7 Å². The molecule has 0 saturated carbocycles. The molecule has 3 unspecified atom stereocenters. The second-order valence-electron chi connectivity index (χ2n) is 3.86. The molecular weight excluding hydrogens is 164 g/mol. The number of nitrogens with one attached hydrogen (secondary N) is 1. The van der Waals surface area contributed by atoms with Gasteiger partial charge in [0, 0.05) is 12.6 Å². The lowest BCUT2D eigenvalue weighted by atomic mass is 10.1. The minimum Gasteiger partial charge on any atom is -0.374 e. The van der Waals surface area contributed by atoms with Gasteiger partial charge in [-0.25, -0.2) is 0 Å². The quantitative estimate of drug-likeness (QED) is 0.670. The highest BCUT2D eigenvalue weighted by molar-refractivity contribution is 4.83. The number of hydrogen-bond acceptors (Lipinski definition) is 3. The van der Waals surface area contributed by atoms with E-state index in [1.54, 1.807) is 0 Å². The molecule has 0 spiro atoms. The van der Waals surface area contributed by atoms with Crippen molar-refractivity contribution in [3.05, 3.63) is 0 Å². The van der Waals surface area contributed by atoms with Crippen LogP contribution in [0.2, 0.25) is 0 Å². The van der Waals surface area contributed by atoms with Crippen molar-refractivity contribution in [2.24, 2.45) is 5.73 Å². The van der Waals surface area contributed by atoms with Gasteiger partial charge in [-0.15, -0.1) is 0 Å². The van der Waals surface area contributed by atoms with Crippen molar-refractivity contribution in [3.8, 4) is 0 Å². The molecule has 0 aromatic rings. The maximum Gasteiger partial charge on any atom is 0.0744 e. The monoisotopic (exact) mass is 186 g/mol. The molecule has 3 atom stereocenters. The summed E-state index contributed by atoms with van der Waals surface area (Å²) in [6.07, 6.45) is 4.24.